The number of hydrogen-bond donors (Lipinski definition) is 1. The van der Waals surface area contributed by atoms with Crippen LogP contribution in [0.15, 0.2) is 18.2 Å². The number of hydrogen-bond acceptors (Lipinski definition) is 4. The lowest BCUT2D eigenvalue weighted by atomic mass is 9.89. The number of likely N-dealkylation sites (N-methyl/N-ethyl adjacent to an activating group) is 1. The second-order valence-electron chi connectivity index (χ2n) is 7.54. The minimum atomic E-state index is -1.43. The Balaban J connectivity index is 1.74. The Morgan fingerprint density at radius 1 is 1.22 bits per heavy atom. The molecule has 1 saturated heterocycles. The maximum absolute atomic E-state index is 12.5. The van der Waals surface area contributed by atoms with Crippen LogP contribution >= 0.6 is 0 Å². The van der Waals surface area contributed by atoms with Crippen LogP contribution in [0.4, 0.5) is 0 Å². The van der Waals surface area contributed by atoms with E-state index in [4.69, 9.17) is 0 Å². The summed E-state index contributed by atoms with van der Waals surface area (Å²) in [5, 5.41) is 14.5. The first-order valence-electron chi connectivity index (χ1n) is 9.16. The highest BCUT2D eigenvalue weighted by molar-refractivity contribution is 6.31. The number of nitrogens with zero attached hydrogens (tertiary/aromatic N) is 4. The first kappa shape index (κ1) is 17.5. The molecule has 2 aliphatic rings. The molecular weight excluding hydrogens is 348 g/mol. The van der Waals surface area contributed by atoms with Crippen molar-refractivity contribution in [3.8, 4) is 0 Å². The summed E-state index contributed by atoms with van der Waals surface area (Å²) < 4.78 is 1.74. The Bertz CT molecular complexity index is 951. The summed E-state index contributed by atoms with van der Waals surface area (Å²) in [5.74, 6) is -2.08. The average Bonchev–Trinajstić information content (AvgIpc) is 3.02. The molecule has 0 saturated carbocycles. The van der Waals surface area contributed by atoms with Crippen LogP contribution in [0.3, 0.4) is 0 Å². The Morgan fingerprint density at radius 2 is 2.00 bits per heavy atom. The van der Waals surface area contributed by atoms with Crippen molar-refractivity contribution in [2.45, 2.75) is 32.4 Å². The number of aliphatic carboxylic acids is 1. The molecule has 1 aromatic heterocycles. The van der Waals surface area contributed by atoms with Crippen molar-refractivity contribution < 1.29 is 19.5 Å². The summed E-state index contributed by atoms with van der Waals surface area (Å²) in [4.78, 5) is 39.0. The van der Waals surface area contributed by atoms with Crippen LogP contribution in [0.2, 0.25) is 0 Å². The Hall–Kier alpha value is -2.90. The van der Waals surface area contributed by atoms with E-state index in [0.29, 0.717) is 37.3 Å². The molecule has 8 nitrogen and oxygen atoms in total. The molecule has 0 spiro atoms. The Kier molecular flexibility index (Phi) is 4.13. The molecule has 1 aromatic carbocycles. The van der Waals surface area contributed by atoms with Crippen LogP contribution in [0.1, 0.15) is 41.9 Å². The first-order chi connectivity index (χ1) is 12.9. The van der Waals surface area contributed by atoms with Gasteiger partial charge in [-0.2, -0.15) is 5.10 Å². The van der Waals surface area contributed by atoms with Crippen LogP contribution in [0.5, 0.6) is 0 Å². The van der Waals surface area contributed by atoms with Crippen LogP contribution < -0.4 is 0 Å². The molecular formula is C19H22N4O4. The lowest BCUT2D eigenvalue weighted by Gasteiger charge is -2.38. The maximum atomic E-state index is 12.5. The molecule has 0 bridgehead atoms. The molecule has 1 N–H and O–H groups in total. The monoisotopic (exact) mass is 370 g/mol. The van der Waals surface area contributed by atoms with E-state index in [0.717, 1.165) is 17.4 Å². The maximum Gasteiger partial charge on any atom is 0.394 e. The van der Waals surface area contributed by atoms with E-state index in [9.17, 15) is 19.5 Å². The van der Waals surface area contributed by atoms with Gasteiger partial charge in [0.25, 0.3) is 5.91 Å². The predicted molar refractivity (Wildman–Crippen MR) is 97.2 cm³/mol. The molecule has 2 aromatic rings. The van der Waals surface area contributed by atoms with Crippen molar-refractivity contribution in [2.75, 3.05) is 20.1 Å². The second kappa shape index (κ2) is 6.37. The van der Waals surface area contributed by atoms with Gasteiger partial charge in [-0.3, -0.25) is 14.3 Å². The number of amides is 2. The van der Waals surface area contributed by atoms with Crippen molar-refractivity contribution in [2.24, 2.45) is 5.92 Å². The number of benzene rings is 1. The molecule has 2 amide bonds. The molecule has 2 unspecified atom stereocenters. The number of carbonyl (C=O) groups is 3. The van der Waals surface area contributed by atoms with Crippen molar-refractivity contribution in [1.29, 1.82) is 0 Å². The Labute approximate surface area is 156 Å². The lowest BCUT2D eigenvalue weighted by Crippen LogP contribution is -2.44. The summed E-state index contributed by atoms with van der Waals surface area (Å²) in [6.07, 6.45) is 1.63. The number of piperidine rings is 1. The number of carboxylic acid groups (broad SMARTS) is 1. The minimum Gasteiger partial charge on any atom is -0.474 e. The highest BCUT2D eigenvalue weighted by Gasteiger charge is 2.34. The summed E-state index contributed by atoms with van der Waals surface area (Å²) >= 11 is 0. The van der Waals surface area contributed by atoms with Gasteiger partial charge in [0.05, 0.1) is 18.1 Å². The molecule has 142 valence electrons. The Morgan fingerprint density at radius 3 is 2.74 bits per heavy atom. The topological polar surface area (TPSA) is 95.7 Å². The number of carboxylic acids is 1. The van der Waals surface area contributed by atoms with Gasteiger partial charge in [-0.25, -0.2) is 4.79 Å². The third kappa shape index (κ3) is 2.85. The van der Waals surface area contributed by atoms with E-state index in [2.05, 4.69) is 5.10 Å². The van der Waals surface area contributed by atoms with E-state index in [1.165, 1.54) is 4.90 Å². The molecule has 2 atom stereocenters. The molecule has 27 heavy (non-hydrogen) atoms. The van der Waals surface area contributed by atoms with Gasteiger partial charge in [0.1, 0.15) is 5.69 Å². The van der Waals surface area contributed by atoms with Crippen molar-refractivity contribution >= 4 is 28.7 Å². The quantitative estimate of drug-likeness (QED) is 0.768. The second-order valence-corrected chi connectivity index (χ2v) is 7.54. The van der Waals surface area contributed by atoms with Gasteiger partial charge in [0, 0.05) is 25.5 Å². The summed E-state index contributed by atoms with van der Waals surface area (Å²) in [6, 6.07) is 5.35. The number of fused-ring (bicyclic) bond motifs is 3. The van der Waals surface area contributed by atoms with Gasteiger partial charge in [-0.15, -0.1) is 0 Å². The zero-order valence-corrected chi connectivity index (χ0v) is 15.4. The van der Waals surface area contributed by atoms with Crippen LogP contribution in [-0.4, -0.2) is 62.6 Å². The van der Waals surface area contributed by atoms with E-state index in [1.54, 1.807) is 16.6 Å². The largest absolute Gasteiger partial charge is 0.474 e. The van der Waals surface area contributed by atoms with Gasteiger partial charge in [0.2, 0.25) is 0 Å². The summed E-state index contributed by atoms with van der Waals surface area (Å²) in [6.45, 7) is 3.71. The van der Waals surface area contributed by atoms with Gasteiger partial charge in [-0.05, 0) is 30.4 Å². The fraction of sp³-hybridized carbons (Fsp3) is 0.474. The van der Waals surface area contributed by atoms with Gasteiger partial charge in [-0.1, -0.05) is 19.1 Å². The zero-order valence-electron chi connectivity index (χ0n) is 15.4. The zero-order chi connectivity index (χ0) is 19.3. The predicted octanol–water partition coefficient (Wildman–Crippen LogP) is 1.51. The SMILES string of the molecule is CC1CCC(c2ccc3c4n(nc3c2)CCN(C)C4=O)N(C(=O)C(=O)O)C1. The average molecular weight is 370 g/mol. The van der Waals surface area contributed by atoms with E-state index < -0.39 is 11.9 Å². The fourth-order valence-corrected chi connectivity index (χ4v) is 4.12. The normalized spacial score (nSPS) is 22.8. The summed E-state index contributed by atoms with van der Waals surface area (Å²) in [7, 11) is 1.78. The smallest absolute Gasteiger partial charge is 0.394 e. The van der Waals surface area contributed by atoms with Gasteiger partial charge < -0.3 is 14.9 Å². The number of likely N-dealkylation sites (tertiary alicyclic amines) is 1. The number of rotatable bonds is 1. The number of carbonyl (C=O) groups excluding carboxylic acids is 2. The van der Waals surface area contributed by atoms with E-state index >= 15 is 0 Å². The standard InChI is InChI=1S/C19H22N4O4/c1-11-3-6-15(22(10-11)18(25)19(26)27)12-4-5-13-14(9-12)20-23-8-7-21(2)17(24)16(13)23/h4-5,9,11,15H,3,6-8,10H2,1-2H3,(H,26,27). The first-order valence-corrected chi connectivity index (χ1v) is 9.16. The molecule has 4 rings (SSSR count). The van der Waals surface area contributed by atoms with Crippen molar-refractivity contribution in [3.05, 3.63) is 29.5 Å². The fourth-order valence-electron chi connectivity index (χ4n) is 4.12. The molecule has 0 aliphatic carbocycles. The minimum absolute atomic E-state index is 0.0503. The van der Waals surface area contributed by atoms with Crippen LogP contribution in [-0.2, 0) is 16.1 Å². The summed E-state index contributed by atoms with van der Waals surface area (Å²) in [5.41, 5.74) is 2.15. The highest BCUT2D eigenvalue weighted by Crippen LogP contribution is 2.35. The number of aromatic nitrogens is 2. The third-order valence-corrected chi connectivity index (χ3v) is 5.61. The third-order valence-electron chi connectivity index (χ3n) is 5.61. The lowest BCUT2D eigenvalue weighted by molar-refractivity contribution is -0.158. The molecule has 1 fully saturated rings. The van der Waals surface area contributed by atoms with Crippen molar-refractivity contribution in [1.82, 2.24) is 19.6 Å². The van der Waals surface area contributed by atoms with Crippen LogP contribution in [0, 0.1) is 5.92 Å². The van der Waals surface area contributed by atoms with Crippen molar-refractivity contribution in [3.63, 3.8) is 0 Å². The molecule has 3 heterocycles. The van der Waals surface area contributed by atoms with Crippen LogP contribution in [0.25, 0.3) is 10.9 Å². The molecule has 0 radical (unpaired) electrons. The van der Waals surface area contributed by atoms with Gasteiger partial charge in [0.15, 0.2) is 0 Å². The van der Waals surface area contributed by atoms with Gasteiger partial charge >= 0.3 is 11.9 Å². The molecule has 8 heteroatoms. The van der Waals surface area contributed by atoms with E-state index in [-0.39, 0.29) is 17.9 Å². The molecule has 2 aliphatic heterocycles. The van der Waals surface area contributed by atoms with E-state index in [1.807, 2.05) is 25.1 Å². The highest BCUT2D eigenvalue weighted by atomic mass is 16.4.